The fourth-order valence-corrected chi connectivity index (χ4v) is 9.89. The second-order valence-corrected chi connectivity index (χ2v) is 16.1. The quantitative estimate of drug-likeness (QED) is 0.129. The van der Waals surface area contributed by atoms with Crippen molar-refractivity contribution in [3.8, 4) is 11.8 Å². The minimum Gasteiger partial charge on any atom is -0.393 e. The Morgan fingerprint density at radius 3 is 2.51 bits per heavy atom. The minimum absolute atomic E-state index is 0.0345. The van der Waals surface area contributed by atoms with E-state index in [9.17, 15) is 24.9 Å². The van der Waals surface area contributed by atoms with Crippen molar-refractivity contribution in [1.29, 1.82) is 0 Å². The van der Waals surface area contributed by atoms with Crippen LogP contribution in [0.2, 0.25) is 0 Å². The summed E-state index contributed by atoms with van der Waals surface area (Å²) in [4.78, 5) is 25.3. The highest BCUT2D eigenvalue weighted by Gasteiger charge is 2.41. The molecule has 2 saturated carbocycles. The second-order valence-electron chi connectivity index (χ2n) is 16.1. The number of carbonyl (C=O) groups is 2. The summed E-state index contributed by atoms with van der Waals surface area (Å²) >= 11 is 0. The van der Waals surface area contributed by atoms with E-state index in [-0.39, 0.29) is 35.8 Å². The first-order valence-electron chi connectivity index (χ1n) is 19.2. The number of unbranched alkanes of at least 4 members (excludes halogenated alkanes) is 1. The summed E-state index contributed by atoms with van der Waals surface area (Å²) in [6.45, 7) is 2.15. The number of aliphatic hydroxyl groups excluding tert-OH is 3. The molecular weight excluding hydrogens is 594 g/mol. The molecule has 2 aliphatic heterocycles. The number of nitrogens with two attached hydrogens (primary N) is 3. The van der Waals surface area contributed by atoms with Crippen LogP contribution in [0, 0.1) is 53.3 Å². The van der Waals surface area contributed by atoms with Crippen molar-refractivity contribution in [2.45, 2.75) is 152 Å². The number of quaternary nitrogens is 2. The van der Waals surface area contributed by atoms with Gasteiger partial charge in [0.1, 0.15) is 23.7 Å². The highest BCUT2D eigenvalue weighted by molar-refractivity contribution is 5.84. The second kappa shape index (κ2) is 18.0. The highest BCUT2D eigenvalue weighted by atomic mass is 16.5. The Labute approximate surface area is 282 Å². The van der Waals surface area contributed by atoms with E-state index >= 15 is 0 Å². The van der Waals surface area contributed by atoms with Crippen LogP contribution in [-0.4, -0.2) is 83.7 Å². The first-order valence-corrected chi connectivity index (χ1v) is 19.2. The number of hydrogen-bond acceptors (Lipinski definition) is 7. The number of Topliss-reactive ketones (excluding diaryl/α,β-unsaturated/α-hetero) is 2. The van der Waals surface area contributed by atoms with Crippen molar-refractivity contribution < 1.29 is 40.3 Å². The van der Waals surface area contributed by atoms with Gasteiger partial charge in [-0.25, -0.2) is 0 Å². The molecule has 47 heavy (non-hydrogen) atoms. The van der Waals surface area contributed by atoms with E-state index in [1.54, 1.807) is 7.11 Å². The predicted molar refractivity (Wildman–Crippen MR) is 179 cm³/mol. The van der Waals surface area contributed by atoms with E-state index in [1.165, 1.54) is 6.42 Å². The monoisotopic (exact) mass is 659 g/mol. The molecule has 9 nitrogen and oxygen atoms in total. The number of piperidine rings is 2. The average Bonchev–Trinajstić information content (AvgIpc) is 3.12. The summed E-state index contributed by atoms with van der Waals surface area (Å²) in [5.74, 6) is 8.74. The number of carbonyl (C=O) groups excluding carboxylic acids is 2. The van der Waals surface area contributed by atoms with Crippen LogP contribution in [0.15, 0.2) is 0 Å². The standard InChI is InChI=1S/C38H63N3O6/c1-47-37-20-27-10-15-35(45)31(34(44)5-3-2-4-25-18-28-8-13-30(43)21-33(28)41-23-25)14-9-26(32(27)22-36(37)46)7-12-29(42)11-6-24-16-17-40-38(39)19-24/h24-29,31-34,36-38,40-42,44,46H,2-8,10-13,15-23,39H2,1H3/p+2. The van der Waals surface area contributed by atoms with Crippen molar-refractivity contribution in [3.63, 3.8) is 0 Å². The molecule has 0 aromatic carbocycles. The number of methoxy groups -OCH3 is 1. The molecule has 3 aliphatic carbocycles. The average molecular weight is 660 g/mol. The van der Waals surface area contributed by atoms with Crippen LogP contribution >= 0.6 is 0 Å². The van der Waals surface area contributed by atoms with Crippen molar-refractivity contribution in [1.82, 2.24) is 0 Å². The zero-order valence-corrected chi connectivity index (χ0v) is 28.9. The molecule has 5 rings (SSSR count). The third kappa shape index (κ3) is 10.6. The molecule has 13 atom stereocenters. The van der Waals surface area contributed by atoms with E-state index in [1.807, 2.05) is 0 Å². The van der Waals surface area contributed by atoms with Crippen LogP contribution < -0.4 is 16.4 Å². The van der Waals surface area contributed by atoms with Crippen molar-refractivity contribution in [2.24, 2.45) is 47.2 Å². The lowest BCUT2D eigenvalue weighted by Gasteiger charge is -2.41. The molecule has 0 amide bonds. The Bertz CT molecular complexity index is 1080. The van der Waals surface area contributed by atoms with Gasteiger partial charge >= 0.3 is 0 Å². The van der Waals surface area contributed by atoms with Crippen LogP contribution in [0.5, 0.6) is 0 Å². The smallest absolute Gasteiger partial charge is 0.150 e. The van der Waals surface area contributed by atoms with Gasteiger partial charge in [0.2, 0.25) is 0 Å². The van der Waals surface area contributed by atoms with Gasteiger partial charge in [-0.2, -0.15) is 0 Å². The van der Waals surface area contributed by atoms with E-state index in [4.69, 9.17) is 10.5 Å². The van der Waals surface area contributed by atoms with E-state index < -0.39 is 24.2 Å². The molecule has 2 saturated heterocycles. The van der Waals surface area contributed by atoms with Crippen molar-refractivity contribution >= 4 is 11.6 Å². The van der Waals surface area contributed by atoms with E-state index in [0.717, 1.165) is 83.7 Å². The Morgan fingerprint density at radius 1 is 0.894 bits per heavy atom. The first-order chi connectivity index (χ1) is 22.7. The summed E-state index contributed by atoms with van der Waals surface area (Å²) in [7, 11) is 1.65. The zero-order chi connectivity index (χ0) is 33.3. The van der Waals surface area contributed by atoms with Crippen LogP contribution in [0.3, 0.4) is 0 Å². The van der Waals surface area contributed by atoms with Gasteiger partial charge in [0, 0.05) is 44.1 Å². The molecule has 0 aromatic heterocycles. The van der Waals surface area contributed by atoms with Crippen molar-refractivity contribution in [2.75, 3.05) is 20.2 Å². The Morgan fingerprint density at radius 2 is 1.70 bits per heavy atom. The number of rotatable bonds is 13. The normalized spacial score (nSPS) is 39.3. The first kappa shape index (κ1) is 36.9. The summed E-state index contributed by atoms with van der Waals surface area (Å²) in [5, 5.41) is 37.8. The van der Waals surface area contributed by atoms with Crippen LogP contribution in [-0.2, 0) is 14.3 Å². The fourth-order valence-electron chi connectivity index (χ4n) is 9.89. The van der Waals surface area contributed by atoms with Gasteiger partial charge in [0.15, 0.2) is 0 Å². The van der Waals surface area contributed by atoms with Gasteiger partial charge in [-0.05, 0) is 94.8 Å². The Hall–Kier alpha value is -1.38. The number of ketones is 2. The van der Waals surface area contributed by atoms with Gasteiger partial charge in [-0.1, -0.05) is 24.7 Å². The zero-order valence-electron chi connectivity index (χ0n) is 28.9. The van der Waals surface area contributed by atoms with Gasteiger partial charge in [0.05, 0.1) is 50.0 Å². The molecule has 0 bridgehead atoms. The predicted octanol–water partition coefficient (Wildman–Crippen LogP) is 1.41. The minimum atomic E-state index is -0.774. The van der Waals surface area contributed by atoms with Crippen molar-refractivity contribution in [3.05, 3.63) is 0 Å². The lowest BCUT2D eigenvalue weighted by Crippen LogP contribution is -2.95. The molecule has 13 unspecified atom stereocenters. The maximum absolute atomic E-state index is 13.5. The van der Waals surface area contributed by atoms with Crippen LogP contribution in [0.1, 0.15) is 116 Å². The molecule has 0 aromatic rings. The lowest BCUT2D eigenvalue weighted by molar-refractivity contribution is -0.711. The number of hydrogen-bond donors (Lipinski definition) is 6. The molecular formula is C38H65N3O6+2. The third-order valence-corrected chi connectivity index (χ3v) is 12.8. The third-order valence-electron chi connectivity index (χ3n) is 12.8. The van der Waals surface area contributed by atoms with Gasteiger partial charge in [-0.3, -0.25) is 15.3 Å². The SMILES string of the molecule is COC1CC2CCC(=O)C(C(O)CCCCC3C[NH2+]C4CC(=O)CCC4C3)C#CC(CCC(O)CCC3CC[NH2+]C(N)C3)C2CC1O. The summed E-state index contributed by atoms with van der Waals surface area (Å²) < 4.78 is 5.62. The summed E-state index contributed by atoms with van der Waals surface area (Å²) in [6, 6.07) is 0.488. The van der Waals surface area contributed by atoms with Gasteiger partial charge in [0.25, 0.3) is 0 Å². The van der Waals surface area contributed by atoms with Gasteiger partial charge < -0.3 is 30.7 Å². The van der Waals surface area contributed by atoms with Gasteiger partial charge in [-0.15, -0.1) is 0 Å². The molecule has 266 valence electrons. The van der Waals surface area contributed by atoms with E-state index in [0.29, 0.717) is 68.1 Å². The fraction of sp³-hybridized carbons (Fsp3) is 0.895. The largest absolute Gasteiger partial charge is 0.393 e. The number of aliphatic hydroxyl groups is 3. The molecule has 9 N–H and O–H groups in total. The van der Waals surface area contributed by atoms with Crippen LogP contribution in [0.25, 0.3) is 0 Å². The van der Waals surface area contributed by atoms with E-state index in [2.05, 4.69) is 22.5 Å². The molecule has 0 radical (unpaired) electrons. The Kier molecular flexibility index (Phi) is 14.2. The molecule has 5 aliphatic rings. The molecule has 4 fully saturated rings. The Balaban J connectivity index is 1.15. The summed E-state index contributed by atoms with van der Waals surface area (Å²) in [6.07, 6.45) is 13.2. The topological polar surface area (TPSA) is 163 Å². The molecule has 9 heteroatoms. The molecule has 2 heterocycles. The van der Waals surface area contributed by atoms with Crippen LogP contribution in [0.4, 0.5) is 0 Å². The number of fused-ring (bicyclic) bond motifs is 2. The maximum atomic E-state index is 13.5. The lowest BCUT2D eigenvalue weighted by atomic mass is 9.68. The molecule has 0 spiro atoms. The summed E-state index contributed by atoms with van der Waals surface area (Å²) in [5.41, 5.74) is 6.14. The number of ether oxygens (including phenoxy) is 1. The maximum Gasteiger partial charge on any atom is 0.150 e. The highest BCUT2D eigenvalue weighted by Crippen LogP contribution is 2.42.